The van der Waals surface area contributed by atoms with Crippen molar-refractivity contribution in [3.05, 3.63) is 0 Å². The molecule has 26 heavy (non-hydrogen) atoms. The molecule has 2 rings (SSSR count). The lowest BCUT2D eigenvalue weighted by Crippen LogP contribution is -2.40. The van der Waals surface area contributed by atoms with E-state index in [4.69, 9.17) is 9.47 Å². The normalized spacial score (nSPS) is 32.3. The molecule has 1 saturated carbocycles. The molecule has 1 heterocycles. The van der Waals surface area contributed by atoms with E-state index in [0.29, 0.717) is 11.8 Å². The zero-order valence-electron chi connectivity index (χ0n) is 17.3. The van der Waals surface area contributed by atoms with Gasteiger partial charge in [0, 0.05) is 11.8 Å². The second kappa shape index (κ2) is 12.0. The van der Waals surface area contributed by atoms with Crippen LogP contribution in [0.25, 0.3) is 0 Å². The minimum atomic E-state index is -0.0687. The minimum Gasteiger partial charge on any atom is -0.352 e. The largest absolute Gasteiger partial charge is 0.352 e. The number of ether oxygens (including phenoxy) is 2. The molecule has 2 fully saturated rings. The summed E-state index contributed by atoms with van der Waals surface area (Å²) >= 11 is 0. The average molecular weight is 364 g/mol. The summed E-state index contributed by atoms with van der Waals surface area (Å²) in [6.45, 7) is 6.24. The van der Waals surface area contributed by atoms with Crippen LogP contribution in [0.15, 0.2) is 0 Å². The Kier molecular flexibility index (Phi) is 10.0. The number of rotatable bonds is 11. The van der Waals surface area contributed by atoms with Gasteiger partial charge in [-0.3, -0.25) is 0 Å². The van der Waals surface area contributed by atoms with Crippen LogP contribution < -0.4 is 0 Å². The fourth-order valence-electron chi connectivity index (χ4n) is 4.63. The first kappa shape index (κ1) is 21.7. The minimum absolute atomic E-state index is 0.0151. The molecule has 0 amide bonds. The van der Waals surface area contributed by atoms with Gasteiger partial charge in [-0.1, -0.05) is 65.2 Å². The molecule has 3 nitrogen and oxygen atoms in total. The SMILES string of the molecule is CCCCCCC1COC(C2CCC(C#N)(CCCCCC)CC2)OC1. The van der Waals surface area contributed by atoms with Crippen LogP contribution in [0.4, 0.5) is 0 Å². The van der Waals surface area contributed by atoms with Crippen LogP contribution >= 0.6 is 0 Å². The Morgan fingerprint density at radius 1 is 0.885 bits per heavy atom. The van der Waals surface area contributed by atoms with E-state index in [0.717, 1.165) is 45.3 Å². The van der Waals surface area contributed by atoms with Crippen molar-refractivity contribution >= 4 is 0 Å². The standard InChI is InChI=1S/C23H41NO2/c1-3-5-7-9-11-20-17-25-22(26-18-20)21-12-15-23(19-24,16-13-21)14-10-8-6-4-2/h20-22H,3-18H2,1-2H3. The predicted molar refractivity (Wildman–Crippen MR) is 107 cm³/mol. The number of hydrogen-bond donors (Lipinski definition) is 0. The van der Waals surface area contributed by atoms with Crippen molar-refractivity contribution in [3.8, 4) is 6.07 Å². The van der Waals surface area contributed by atoms with E-state index < -0.39 is 0 Å². The predicted octanol–water partition coefficient (Wildman–Crippen LogP) is 6.62. The Balaban J connectivity index is 1.66. The molecule has 0 aromatic carbocycles. The van der Waals surface area contributed by atoms with Crippen LogP contribution in [0.5, 0.6) is 0 Å². The van der Waals surface area contributed by atoms with E-state index in [1.807, 2.05) is 0 Å². The molecule has 0 N–H and O–H groups in total. The van der Waals surface area contributed by atoms with Gasteiger partial charge in [-0.05, 0) is 38.5 Å². The average Bonchev–Trinajstić information content (AvgIpc) is 2.70. The summed E-state index contributed by atoms with van der Waals surface area (Å²) in [5.74, 6) is 1.08. The molecule has 0 atom stereocenters. The lowest BCUT2D eigenvalue weighted by molar-refractivity contribution is -0.231. The van der Waals surface area contributed by atoms with Crippen molar-refractivity contribution in [3.63, 3.8) is 0 Å². The highest BCUT2D eigenvalue weighted by molar-refractivity contribution is 5.01. The Morgan fingerprint density at radius 3 is 2.08 bits per heavy atom. The Labute approximate surface area is 161 Å². The number of hydrogen-bond acceptors (Lipinski definition) is 3. The van der Waals surface area contributed by atoms with Crippen LogP contribution in [-0.4, -0.2) is 19.5 Å². The van der Waals surface area contributed by atoms with Crippen LogP contribution in [0.3, 0.4) is 0 Å². The zero-order chi connectivity index (χ0) is 18.7. The van der Waals surface area contributed by atoms with Crippen molar-refractivity contribution in [2.24, 2.45) is 17.3 Å². The third-order valence-electron chi connectivity index (χ3n) is 6.58. The molecule has 150 valence electrons. The molecule has 0 radical (unpaired) electrons. The van der Waals surface area contributed by atoms with Gasteiger partial charge in [-0.15, -0.1) is 0 Å². The van der Waals surface area contributed by atoms with Gasteiger partial charge in [0.2, 0.25) is 0 Å². The van der Waals surface area contributed by atoms with Crippen molar-refractivity contribution in [1.29, 1.82) is 5.26 Å². The van der Waals surface area contributed by atoms with Gasteiger partial charge < -0.3 is 9.47 Å². The lowest BCUT2D eigenvalue weighted by Gasteiger charge is -2.40. The van der Waals surface area contributed by atoms with E-state index in [2.05, 4.69) is 19.9 Å². The van der Waals surface area contributed by atoms with E-state index in [-0.39, 0.29) is 11.7 Å². The second-order valence-corrected chi connectivity index (χ2v) is 8.79. The van der Waals surface area contributed by atoms with E-state index >= 15 is 0 Å². The molecule has 1 saturated heterocycles. The highest BCUT2D eigenvalue weighted by Gasteiger charge is 2.39. The summed E-state index contributed by atoms with van der Waals surface area (Å²) in [6.07, 6.45) is 16.9. The lowest BCUT2D eigenvalue weighted by atomic mass is 9.68. The van der Waals surface area contributed by atoms with Crippen molar-refractivity contribution < 1.29 is 9.47 Å². The molecule has 0 spiro atoms. The number of unbranched alkanes of at least 4 members (excludes halogenated alkanes) is 6. The third-order valence-corrected chi connectivity index (χ3v) is 6.58. The first-order chi connectivity index (χ1) is 12.7. The number of nitrogens with zero attached hydrogens (tertiary/aromatic N) is 1. The van der Waals surface area contributed by atoms with Gasteiger partial charge in [-0.2, -0.15) is 5.26 Å². The first-order valence-corrected chi connectivity index (χ1v) is 11.4. The summed E-state index contributed by atoms with van der Waals surface area (Å²) in [6, 6.07) is 2.68. The smallest absolute Gasteiger partial charge is 0.160 e. The van der Waals surface area contributed by atoms with E-state index in [1.54, 1.807) is 0 Å². The zero-order valence-corrected chi connectivity index (χ0v) is 17.3. The summed E-state index contributed by atoms with van der Waals surface area (Å²) in [5, 5.41) is 9.74. The van der Waals surface area contributed by atoms with Gasteiger partial charge in [0.15, 0.2) is 6.29 Å². The van der Waals surface area contributed by atoms with Crippen LogP contribution in [0, 0.1) is 28.6 Å². The highest BCUT2D eigenvalue weighted by atomic mass is 16.7. The Bertz CT molecular complexity index is 401. The summed E-state index contributed by atoms with van der Waals surface area (Å²) < 4.78 is 12.2. The molecule has 1 aliphatic carbocycles. The van der Waals surface area contributed by atoms with Crippen molar-refractivity contribution in [1.82, 2.24) is 0 Å². The molecular weight excluding hydrogens is 322 g/mol. The number of nitriles is 1. The fourth-order valence-corrected chi connectivity index (χ4v) is 4.63. The maximum absolute atomic E-state index is 9.74. The highest BCUT2D eigenvalue weighted by Crippen LogP contribution is 2.44. The van der Waals surface area contributed by atoms with E-state index in [1.165, 1.54) is 57.8 Å². The summed E-state index contributed by atoms with van der Waals surface area (Å²) in [4.78, 5) is 0. The van der Waals surface area contributed by atoms with Gasteiger partial charge in [0.05, 0.1) is 24.7 Å². The molecule has 2 aliphatic rings. The monoisotopic (exact) mass is 363 g/mol. The summed E-state index contributed by atoms with van der Waals surface area (Å²) in [5.41, 5.74) is -0.0687. The maximum atomic E-state index is 9.74. The Morgan fingerprint density at radius 2 is 1.50 bits per heavy atom. The summed E-state index contributed by atoms with van der Waals surface area (Å²) in [7, 11) is 0. The van der Waals surface area contributed by atoms with Crippen LogP contribution in [0.2, 0.25) is 0 Å². The quantitative estimate of drug-likeness (QED) is 0.387. The third kappa shape index (κ3) is 6.86. The fraction of sp³-hybridized carbons (Fsp3) is 0.957. The second-order valence-electron chi connectivity index (χ2n) is 8.79. The molecular formula is C23H41NO2. The van der Waals surface area contributed by atoms with Gasteiger partial charge >= 0.3 is 0 Å². The van der Waals surface area contributed by atoms with E-state index in [9.17, 15) is 5.26 Å². The van der Waals surface area contributed by atoms with Gasteiger partial charge in [0.1, 0.15) is 0 Å². The molecule has 3 heteroatoms. The maximum Gasteiger partial charge on any atom is 0.160 e. The van der Waals surface area contributed by atoms with Crippen molar-refractivity contribution in [2.45, 2.75) is 110 Å². The topological polar surface area (TPSA) is 42.2 Å². The van der Waals surface area contributed by atoms with Gasteiger partial charge in [0.25, 0.3) is 0 Å². The molecule has 0 bridgehead atoms. The van der Waals surface area contributed by atoms with Crippen LogP contribution in [0.1, 0.15) is 104 Å². The molecule has 1 aliphatic heterocycles. The van der Waals surface area contributed by atoms with Gasteiger partial charge in [-0.25, -0.2) is 0 Å². The first-order valence-electron chi connectivity index (χ1n) is 11.4. The molecule has 0 unspecified atom stereocenters. The Hall–Kier alpha value is -0.590. The molecule has 0 aromatic heterocycles. The molecule has 0 aromatic rings. The van der Waals surface area contributed by atoms with Crippen LogP contribution in [-0.2, 0) is 9.47 Å². The van der Waals surface area contributed by atoms with Crippen molar-refractivity contribution in [2.75, 3.05) is 13.2 Å².